The van der Waals surface area contributed by atoms with Crippen molar-refractivity contribution in [2.75, 3.05) is 0 Å². The van der Waals surface area contributed by atoms with E-state index in [0.29, 0.717) is 0 Å². The Bertz CT molecular complexity index is 116. The van der Waals surface area contributed by atoms with E-state index >= 15 is 0 Å². The average Bonchev–Trinajstić information content (AvgIpc) is 2.13. The summed E-state index contributed by atoms with van der Waals surface area (Å²) in [6.07, 6.45) is 11.5. The van der Waals surface area contributed by atoms with Crippen molar-refractivity contribution >= 4 is 5.97 Å². The largest absolute Gasteiger partial charge is 0.481 e. The summed E-state index contributed by atoms with van der Waals surface area (Å²) in [5, 5.41) is 7.42. The molecule has 1 rings (SSSR count). The first kappa shape index (κ1) is 10.2. The fourth-order valence-corrected chi connectivity index (χ4v) is 0.937. The van der Waals surface area contributed by atoms with Gasteiger partial charge in [-0.05, 0) is 25.7 Å². The second-order valence-corrected chi connectivity index (χ2v) is 2.63. The van der Waals surface area contributed by atoms with E-state index in [1.807, 2.05) is 0 Å². The third kappa shape index (κ3) is 12.4. The van der Waals surface area contributed by atoms with Gasteiger partial charge in [0.25, 0.3) is 5.97 Å². The van der Waals surface area contributed by atoms with Crippen molar-refractivity contribution in [2.45, 2.75) is 39.0 Å². The molecule has 1 N–H and O–H groups in total. The van der Waals surface area contributed by atoms with Crippen LogP contribution in [0.1, 0.15) is 39.0 Å². The van der Waals surface area contributed by atoms with Crippen molar-refractivity contribution in [1.82, 2.24) is 0 Å². The molecule has 0 unspecified atom stereocenters. The molecule has 0 atom stereocenters. The predicted molar refractivity (Wildman–Crippen MR) is 45.5 cm³/mol. The van der Waals surface area contributed by atoms with Crippen molar-refractivity contribution in [1.29, 1.82) is 0 Å². The van der Waals surface area contributed by atoms with Crippen LogP contribution in [0.4, 0.5) is 0 Å². The lowest BCUT2D eigenvalue weighted by Gasteiger charge is -1.86. The van der Waals surface area contributed by atoms with Gasteiger partial charge in [-0.3, -0.25) is 4.79 Å². The van der Waals surface area contributed by atoms with E-state index < -0.39 is 5.97 Å². The Balaban J connectivity index is 0.000000218. The lowest BCUT2D eigenvalue weighted by Crippen LogP contribution is -1.78. The molecule has 1 aliphatic carbocycles. The minimum absolute atomic E-state index is 0.833. The van der Waals surface area contributed by atoms with E-state index in [1.54, 1.807) is 0 Å². The second-order valence-electron chi connectivity index (χ2n) is 2.63. The molecule has 0 aromatic rings. The van der Waals surface area contributed by atoms with Gasteiger partial charge in [-0.1, -0.05) is 18.6 Å². The summed E-state index contributed by atoms with van der Waals surface area (Å²) in [6, 6.07) is 0. The molecular formula is C9H16O2. The number of aliphatic carboxylic acids is 1. The molecule has 0 radical (unpaired) electrons. The quantitative estimate of drug-likeness (QED) is 0.547. The van der Waals surface area contributed by atoms with E-state index in [1.165, 1.54) is 32.1 Å². The van der Waals surface area contributed by atoms with E-state index in [0.717, 1.165) is 6.92 Å². The Morgan fingerprint density at radius 2 is 1.55 bits per heavy atom. The van der Waals surface area contributed by atoms with Crippen LogP contribution in [-0.4, -0.2) is 11.1 Å². The summed E-state index contributed by atoms with van der Waals surface area (Å²) in [7, 11) is 0. The van der Waals surface area contributed by atoms with Crippen LogP contribution in [0.25, 0.3) is 0 Å². The van der Waals surface area contributed by atoms with Crippen LogP contribution in [0.15, 0.2) is 12.2 Å². The Hall–Kier alpha value is -0.790. The molecule has 0 aromatic heterocycles. The van der Waals surface area contributed by atoms with Gasteiger partial charge in [0.15, 0.2) is 0 Å². The van der Waals surface area contributed by atoms with E-state index in [9.17, 15) is 0 Å². The third-order valence-corrected chi connectivity index (χ3v) is 1.41. The predicted octanol–water partition coefficient (Wildman–Crippen LogP) is 2.60. The molecule has 11 heavy (non-hydrogen) atoms. The second kappa shape index (κ2) is 7.32. The van der Waals surface area contributed by atoms with Crippen LogP contribution in [-0.2, 0) is 4.79 Å². The van der Waals surface area contributed by atoms with E-state index in [-0.39, 0.29) is 0 Å². The molecule has 0 amide bonds. The SMILES string of the molecule is C1=CCCCCC1.CC(=O)O. The smallest absolute Gasteiger partial charge is 0.300 e. The average molecular weight is 156 g/mol. The molecule has 0 heterocycles. The van der Waals surface area contributed by atoms with Gasteiger partial charge in [-0.2, -0.15) is 0 Å². The van der Waals surface area contributed by atoms with Gasteiger partial charge in [-0.15, -0.1) is 0 Å². The molecule has 0 spiro atoms. The fourth-order valence-electron chi connectivity index (χ4n) is 0.937. The van der Waals surface area contributed by atoms with Gasteiger partial charge in [0.05, 0.1) is 0 Å². The molecule has 0 saturated heterocycles. The molecule has 0 aliphatic heterocycles. The number of carboxylic acid groups (broad SMARTS) is 1. The highest BCUT2D eigenvalue weighted by Crippen LogP contribution is 2.08. The number of allylic oxidation sites excluding steroid dienone is 2. The molecule has 64 valence electrons. The van der Waals surface area contributed by atoms with Crippen molar-refractivity contribution in [3.05, 3.63) is 12.2 Å². The minimum atomic E-state index is -0.833. The Morgan fingerprint density at radius 3 is 1.91 bits per heavy atom. The summed E-state index contributed by atoms with van der Waals surface area (Å²) in [5.41, 5.74) is 0. The zero-order valence-corrected chi connectivity index (χ0v) is 7.05. The van der Waals surface area contributed by atoms with Crippen LogP contribution < -0.4 is 0 Å². The van der Waals surface area contributed by atoms with Gasteiger partial charge in [0, 0.05) is 6.92 Å². The van der Waals surface area contributed by atoms with Crippen LogP contribution in [0.2, 0.25) is 0 Å². The maximum atomic E-state index is 9.00. The van der Waals surface area contributed by atoms with Gasteiger partial charge in [-0.25, -0.2) is 0 Å². The molecule has 0 bridgehead atoms. The van der Waals surface area contributed by atoms with Gasteiger partial charge in [0.2, 0.25) is 0 Å². The van der Waals surface area contributed by atoms with Crippen LogP contribution in [0, 0.1) is 0 Å². The maximum Gasteiger partial charge on any atom is 0.300 e. The highest BCUT2D eigenvalue weighted by molar-refractivity contribution is 5.62. The minimum Gasteiger partial charge on any atom is -0.481 e. The standard InChI is InChI=1S/C7H12.C2H4O2/c1-2-4-6-7-5-3-1;1-2(3)4/h1-2H,3-7H2;1H3,(H,3,4). The Kier molecular flexibility index (Phi) is 6.79. The highest BCUT2D eigenvalue weighted by atomic mass is 16.4. The third-order valence-electron chi connectivity index (χ3n) is 1.41. The van der Waals surface area contributed by atoms with Crippen molar-refractivity contribution in [2.24, 2.45) is 0 Å². The van der Waals surface area contributed by atoms with Crippen LogP contribution in [0.3, 0.4) is 0 Å². The Labute approximate surface area is 67.9 Å². The summed E-state index contributed by atoms with van der Waals surface area (Å²) < 4.78 is 0. The molecule has 0 aromatic carbocycles. The topological polar surface area (TPSA) is 37.3 Å². The first-order valence-electron chi connectivity index (χ1n) is 4.08. The lowest BCUT2D eigenvalue weighted by molar-refractivity contribution is -0.134. The lowest BCUT2D eigenvalue weighted by atomic mass is 10.2. The number of hydrogen-bond donors (Lipinski definition) is 1. The maximum absolute atomic E-state index is 9.00. The van der Waals surface area contributed by atoms with Crippen LogP contribution >= 0.6 is 0 Å². The molecule has 0 saturated carbocycles. The molecule has 2 nitrogen and oxygen atoms in total. The van der Waals surface area contributed by atoms with Crippen molar-refractivity contribution < 1.29 is 9.90 Å². The first-order valence-corrected chi connectivity index (χ1v) is 4.08. The van der Waals surface area contributed by atoms with Crippen molar-refractivity contribution in [3.8, 4) is 0 Å². The number of hydrogen-bond acceptors (Lipinski definition) is 1. The zero-order chi connectivity index (χ0) is 8.53. The zero-order valence-electron chi connectivity index (χ0n) is 7.05. The molecule has 2 heteroatoms. The number of carbonyl (C=O) groups is 1. The first-order chi connectivity index (χ1) is 5.23. The number of carboxylic acids is 1. The summed E-state index contributed by atoms with van der Waals surface area (Å²) in [4.78, 5) is 9.00. The molecule has 0 fully saturated rings. The summed E-state index contributed by atoms with van der Waals surface area (Å²) >= 11 is 0. The van der Waals surface area contributed by atoms with Gasteiger partial charge in [0.1, 0.15) is 0 Å². The molecular weight excluding hydrogens is 140 g/mol. The molecule has 1 aliphatic rings. The Morgan fingerprint density at radius 1 is 1.18 bits per heavy atom. The highest BCUT2D eigenvalue weighted by Gasteiger charge is 1.88. The van der Waals surface area contributed by atoms with Gasteiger partial charge >= 0.3 is 0 Å². The monoisotopic (exact) mass is 156 g/mol. The van der Waals surface area contributed by atoms with Gasteiger partial charge < -0.3 is 5.11 Å². The van der Waals surface area contributed by atoms with Crippen molar-refractivity contribution in [3.63, 3.8) is 0 Å². The fraction of sp³-hybridized carbons (Fsp3) is 0.667. The normalized spacial score (nSPS) is 16.1. The van der Waals surface area contributed by atoms with E-state index in [4.69, 9.17) is 9.90 Å². The summed E-state index contributed by atoms with van der Waals surface area (Å²) in [5.74, 6) is -0.833. The summed E-state index contributed by atoms with van der Waals surface area (Å²) in [6.45, 7) is 1.08. The number of rotatable bonds is 0. The van der Waals surface area contributed by atoms with E-state index in [2.05, 4.69) is 12.2 Å². The van der Waals surface area contributed by atoms with Crippen LogP contribution in [0.5, 0.6) is 0 Å².